The van der Waals surface area contributed by atoms with Crippen LogP contribution in [0.4, 0.5) is 5.69 Å². The molecule has 1 heterocycles. The van der Waals surface area contributed by atoms with Crippen molar-refractivity contribution in [3.8, 4) is 5.88 Å². The number of hydrogen-bond donors (Lipinski definition) is 3. The Hall–Kier alpha value is -4.28. The molecule has 0 bridgehead atoms. The molecular weight excluding hydrogens is 554 g/mol. The first kappa shape index (κ1) is 26.8. The summed E-state index contributed by atoms with van der Waals surface area (Å²) in [5.74, 6) is -2.38. The minimum atomic E-state index is -1.14. The van der Waals surface area contributed by atoms with E-state index in [0.29, 0.717) is 45.4 Å². The van der Waals surface area contributed by atoms with Gasteiger partial charge in [0.2, 0.25) is 11.8 Å². The van der Waals surface area contributed by atoms with Crippen molar-refractivity contribution in [1.82, 2.24) is 10.0 Å². The van der Waals surface area contributed by atoms with E-state index in [1.165, 1.54) is 13.0 Å². The second-order valence-corrected chi connectivity index (χ2v) is 9.18. The molecule has 4 aromatic rings. The molecule has 0 aliphatic carbocycles. The molecule has 194 valence electrons. The van der Waals surface area contributed by atoms with Gasteiger partial charge in [0.25, 0.3) is 5.91 Å². The molecule has 3 aromatic carbocycles. The zero-order valence-corrected chi connectivity index (χ0v) is 22.2. The first-order valence-corrected chi connectivity index (χ1v) is 12.7. The maximum atomic E-state index is 12.5. The second-order valence-electron chi connectivity index (χ2n) is 8.38. The predicted octanol–water partition coefficient (Wildman–Crippen LogP) is 5.24. The number of fused-ring (bicyclic) bond motifs is 1. The topological polar surface area (TPSA) is 130 Å². The number of carbonyl (C=O) groups excluding carboxylic acids is 2. The Morgan fingerprint density at radius 2 is 1.71 bits per heavy atom. The summed E-state index contributed by atoms with van der Waals surface area (Å²) in [7, 11) is 0. The number of amides is 1. The summed E-state index contributed by atoms with van der Waals surface area (Å²) in [6.07, 6.45) is 0. The van der Waals surface area contributed by atoms with Crippen molar-refractivity contribution in [1.29, 1.82) is 0 Å². The summed E-state index contributed by atoms with van der Waals surface area (Å²) in [4.78, 5) is 46.4. The third kappa shape index (κ3) is 5.36. The van der Waals surface area contributed by atoms with Crippen molar-refractivity contribution in [2.75, 3.05) is 11.9 Å². The number of carboxylic acids is 1. The number of aromatic carboxylic acids is 1. The fraction of sp³-hybridized carbons (Fsp3) is 0.143. The first-order valence-electron chi connectivity index (χ1n) is 11.6. The van der Waals surface area contributed by atoms with Crippen LogP contribution in [0, 0.1) is 6.92 Å². The lowest BCUT2D eigenvalue weighted by atomic mass is 9.98. The van der Waals surface area contributed by atoms with Crippen molar-refractivity contribution in [3.63, 3.8) is 0 Å². The molecule has 0 unspecified atom stereocenters. The van der Waals surface area contributed by atoms with Gasteiger partial charge in [-0.1, -0.05) is 46.3 Å². The number of carboxylic acid groups (broad SMARTS) is 1. The highest BCUT2D eigenvalue weighted by molar-refractivity contribution is 9.09. The highest BCUT2D eigenvalue weighted by Crippen LogP contribution is 2.36. The SMILES string of the molecule is CC(=O)n1c(O)c(C(=Nc2ccc(C(=O)NOCCBr)cc2)c2ccccc2)c2cc(C)c(C(=O)O)cc21. The van der Waals surface area contributed by atoms with Crippen LogP contribution in [0.5, 0.6) is 5.88 Å². The monoisotopic (exact) mass is 577 g/mol. The summed E-state index contributed by atoms with van der Waals surface area (Å²) >= 11 is 3.21. The Balaban J connectivity index is 1.90. The van der Waals surface area contributed by atoms with Crippen LogP contribution in [-0.2, 0) is 4.84 Å². The third-order valence-corrected chi connectivity index (χ3v) is 6.16. The number of halogens is 1. The molecule has 0 aliphatic heterocycles. The van der Waals surface area contributed by atoms with Gasteiger partial charge in [-0.25, -0.2) is 15.3 Å². The van der Waals surface area contributed by atoms with Crippen molar-refractivity contribution >= 4 is 56.0 Å². The predicted molar refractivity (Wildman–Crippen MR) is 147 cm³/mol. The number of hydrogen-bond acceptors (Lipinski definition) is 6. The molecular formula is C28H24BrN3O6. The van der Waals surface area contributed by atoms with Crippen molar-refractivity contribution < 1.29 is 29.4 Å². The van der Waals surface area contributed by atoms with E-state index in [1.807, 2.05) is 30.3 Å². The second kappa shape index (κ2) is 11.4. The summed E-state index contributed by atoms with van der Waals surface area (Å²) in [5.41, 5.74) is 5.28. The van der Waals surface area contributed by atoms with Crippen LogP contribution < -0.4 is 5.48 Å². The molecule has 9 nitrogen and oxygen atoms in total. The molecule has 4 rings (SSSR count). The average Bonchev–Trinajstić information content (AvgIpc) is 3.18. The standard InChI is InChI=1S/C28H24BrN3O6/c1-16-14-22-23(15-21(16)28(36)37)32(17(2)33)27(35)24(22)25(18-6-4-3-5-7-18)30-20-10-8-19(9-11-20)26(34)31-38-13-12-29/h3-11,14-15,35H,12-13H2,1-2H3,(H,31,34)(H,36,37). The zero-order chi connectivity index (χ0) is 27.4. The van der Waals surface area contributed by atoms with Crippen LogP contribution >= 0.6 is 15.9 Å². The van der Waals surface area contributed by atoms with Gasteiger partial charge in [-0.05, 0) is 48.9 Å². The van der Waals surface area contributed by atoms with Crippen LogP contribution in [0.25, 0.3) is 10.9 Å². The van der Waals surface area contributed by atoms with Crippen LogP contribution in [0.2, 0.25) is 0 Å². The number of aryl methyl sites for hydroxylation is 1. The minimum Gasteiger partial charge on any atom is -0.494 e. The van der Waals surface area contributed by atoms with Gasteiger partial charge in [-0.15, -0.1) is 0 Å². The Kier molecular flexibility index (Phi) is 8.04. The van der Waals surface area contributed by atoms with E-state index in [9.17, 15) is 24.6 Å². The summed E-state index contributed by atoms with van der Waals surface area (Å²) in [6.45, 7) is 3.26. The number of hydroxylamine groups is 1. The lowest BCUT2D eigenvalue weighted by Crippen LogP contribution is -2.24. The highest BCUT2D eigenvalue weighted by atomic mass is 79.9. The van der Waals surface area contributed by atoms with Gasteiger partial charge in [-0.3, -0.25) is 19.0 Å². The maximum absolute atomic E-state index is 12.5. The number of alkyl halides is 1. The van der Waals surface area contributed by atoms with Gasteiger partial charge in [-0.2, -0.15) is 0 Å². The minimum absolute atomic E-state index is 0.0243. The van der Waals surface area contributed by atoms with Crippen LogP contribution in [0.15, 0.2) is 71.7 Å². The fourth-order valence-electron chi connectivity index (χ4n) is 4.10. The molecule has 10 heteroatoms. The Morgan fingerprint density at radius 1 is 1.03 bits per heavy atom. The Labute approximate surface area is 226 Å². The first-order chi connectivity index (χ1) is 18.2. The molecule has 38 heavy (non-hydrogen) atoms. The number of nitrogens with zero attached hydrogens (tertiary/aromatic N) is 2. The summed E-state index contributed by atoms with van der Waals surface area (Å²) in [5, 5.41) is 21.9. The normalized spacial score (nSPS) is 11.5. The molecule has 1 aromatic heterocycles. The number of nitrogens with one attached hydrogen (secondary N) is 1. The number of rotatable bonds is 8. The highest BCUT2D eigenvalue weighted by Gasteiger charge is 2.26. The van der Waals surface area contributed by atoms with Gasteiger partial charge in [0.05, 0.1) is 34.6 Å². The largest absolute Gasteiger partial charge is 0.494 e. The quantitative estimate of drug-likeness (QED) is 0.114. The number of aromatic hydroxyl groups is 1. The molecule has 0 radical (unpaired) electrons. The van der Waals surface area contributed by atoms with Gasteiger partial charge in [0.1, 0.15) is 0 Å². The van der Waals surface area contributed by atoms with E-state index in [0.717, 1.165) is 4.57 Å². The molecule has 0 saturated carbocycles. The van der Waals surface area contributed by atoms with E-state index in [-0.39, 0.29) is 22.5 Å². The van der Waals surface area contributed by atoms with Crippen LogP contribution in [0.1, 0.15) is 49.1 Å². The Morgan fingerprint density at radius 3 is 2.32 bits per heavy atom. The smallest absolute Gasteiger partial charge is 0.336 e. The van der Waals surface area contributed by atoms with E-state index in [1.54, 1.807) is 37.3 Å². The third-order valence-electron chi connectivity index (χ3n) is 5.83. The van der Waals surface area contributed by atoms with Crippen LogP contribution in [0.3, 0.4) is 0 Å². The molecule has 3 N–H and O–H groups in total. The molecule has 1 amide bonds. The Bertz CT molecular complexity index is 1560. The van der Waals surface area contributed by atoms with Crippen molar-refractivity contribution in [2.45, 2.75) is 13.8 Å². The van der Waals surface area contributed by atoms with E-state index < -0.39 is 17.8 Å². The number of carbonyl (C=O) groups is 3. The molecule has 0 saturated heterocycles. The molecule has 0 atom stereocenters. The van der Waals surface area contributed by atoms with Crippen LogP contribution in [-0.4, -0.2) is 50.2 Å². The fourth-order valence-corrected chi connectivity index (χ4v) is 4.26. The van der Waals surface area contributed by atoms with E-state index in [4.69, 9.17) is 9.83 Å². The van der Waals surface area contributed by atoms with Gasteiger partial charge in [0.15, 0.2) is 0 Å². The maximum Gasteiger partial charge on any atom is 0.336 e. The average molecular weight is 578 g/mol. The molecule has 0 spiro atoms. The lowest BCUT2D eigenvalue weighted by Gasteiger charge is -2.09. The number of benzene rings is 3. The van der Waals surface area contributed by atoms with Crippen molar-refractivity contribution in [3.05, 3.63) is 94.5 Å². The van der Waals surface area contributed by atoms with Gasteiger partial charge >= 0.3 is 5.97 Å². The van der Waals surface area contributed by atoms with E-state index >= 15 is 0 Å². The summed E-state index contributed by atoms with van der Waals surface area (Å²) < 4.78 is 1.08. The summed E-state index contributed by atoms with van der Waals surface area (Å²) in [6, 6.07) is 18.6. The zero-order valence-electron chi connectivity index (χ0n) is 20.6. The van der Waals surface area contributed by atoms with E-state index in [2.05, 4.69) is 21.4 Å². The molecule has 0 aliphatic rings. The number of aliphatic imine (C=N–C) groups is 1. The van der Waals surface area contributed by atoms with Crippen molar-refractivity contribution in [2.24, 2.45) is 4.99 Å². The number of aromatic nitrogens is 1. The van der Waals surface area contributed by atoms with Gasteiger partial charge < -0.3 is 10.2 Å². The molecule has 0 fully saturated rings. The lowest BCUT2D eigenvalue weighted by molar-refractivity contribution is 0.0377. The van der Waals surface area contributed by atoms with Gasteiger partial charge in [0, 0.05) is 28.8 Å².